The molecule has 0 fully saturated rings. The molecule has 5 aromatic carbocycles. The Morgan fingerprint density at radius 2 is 1.07 bits per heavy atom. The van der Waals surface area contributed by atoms with Gasteiger partial charge in [0, 0.05) is 33.1 Å². The van der Waals surface area contributed by atoms with Crippen molar-refractivity contribution >= 4 is 78.0 Å². The van der Waals surface area contributed by atoms with Crippen LogP contribution in [-0.2, 0) is 27.1 Å². The Bertz CT molecular complexity index is 2650. The Morgan fingerprint density at radius 1 is 0.534 bits per heavy atom. The van der Waals surface area contributed by atoms with Crippen molar-refractivity contribution in [2.24, 2.45) is 0 Å². The van der Waals surface area contributed by atoms with Gasteiger partial charge in [0.15, 0.2) is 0 Å². The number of fused-ring (bicyclic) bond motifs is 7. The first kappa shape index (κ1) is 39.2. The van der Waals surface area contributed by atoms with Crippen molar-refractivity contribution in [2.45, 2.75) is 144 Å². The Morgan fingerprint density at radius 3 is 1.66 bits per heavy atom. The van der Waals surface area contributed by atoms with Crippen LogP contribution in [0.15, 0.2) is 84.9 Å². The summed E-state index contributed by atoms with van der Waals surface area (Å²) < 4.78 is 1.36. The number of benzene rings is 5. The van der Waals surface area contributed by atoms with Gasteiger partial charge in [0.1, 0.15) is 0 Å². The molecular formula is C54H63BN2S. The highest BCUT2D eigenvalue weighted by molar-refractivity contribution is 7.26. The van der Waals surface area contributed by atoms with Gasteiger partial charge in [-0.15, -0.1) is 11.3 Å². The number of anilines is 6. The predicted molar refractivity (Wildman–Crippen MR) is 257 cm³/mol. The van der Waals surface area contributed by atoms with Crippen LogP contribution in [0.1, 0.15) is 142 Å². The lowest BCUT2D eigenvalue weighted by molar-refractivity contribution is 0.332. The van der Waals surface area contributed by atoms with Crippen molar-refractivity contribution < 1.29 is 0 Å². The summed E-state index contributed by atoms with van der Waals surface area (Å²) in [6, 6.07) is 34.3. The minimum atomic E-state index is 0.0338. The minimum absolute atomic E-state index is 0.0338. The van der Waals surface area contributed by atoms with E-state index in [2.05, 4.69) is 199 Å². The molecule has 3 aliphatic rings. The minimum Gasteiger partial charge on any atom is -0.311 e. The molecule has 0 bridgehead atoms. The third-order valence-electron chi connectivity index (χ3n) is 14.0. The van der Waals surface area contributed by atoms with Gasteiger partial charge in [0.25, 0.3) is 6.71 Å². The zero-order valence-corrected chi connectivity index (χ0v) is 38.7. The fourth-order valence-electron chi connectivity index (χ4n) is 10.2. The Balaban J connectivity index is 1.43. The number of rotatable bonds is 2. The molecule has 6 aromatic rings. The zero-order valence-electron chi connectivity index (χ0n) is 37.9. The lowest BCUT2D eigenvalue weighted by Gasteiger charge is -2.47. The molecule has 0 amide bonds. The van der Waals surface area contributed by atoms with E-state index in [1.165, 1.54) is 112 Å². The third kappa shape index (κ3) is 6.02. The van der Waals surface area contributed by atoms with E-state index >= 15 is 0 Å². The maximum atomic E-state index is 2.68. The van der Waals surface area contributed by atoms with Crippen molar-refractivity contribution in [1.82, 2.24) is 0 Å². The highest BCUT2D eigenvalue weighted by atomic mass is 32.1. The van der Waals surface area contributed by atoms with Crippen LogP contribution in [0.2, 0.25) is 0 Å². The molecule has 0 N–H and O–H groups in total. The lowest BCUT2D eigenvalue weighted by Crippen LogP contribution is -2.61. The topological polar surface area (TPSA) is 6.48 Å². The Kier molecular flexibility index (Phi) is 8.53. The largest absolute Gasteiger partial charge is 0.311 e. The first-order chi connectivity index (χ1) is 27.0. The number of aryl methyl sites for hydroxylation is 2. The van der Waals surface area contributed by atoms with E-state index in [1.54, 1.807) is 0 Å². The highest BCUT2D eigenvalue weighted by Crippen LogP contribution is 2.52. The van der Waals surface area contributed by atoms with Crippen molar-refractivity contribution in [3.05, 3.63) is 124 Å². The summed E-state index contributed by atoms with van der Waals surface area (Å²) in [5.74, 6) is 0. The first-order valence-electron chi connectivity index (χ1n) is 21.7. The summed E-state index contributed by atoms with van der Waals surface area (Å²) in [6.45, 7) is 35.6. The second-order valence-electron chi connectivity index (χ2n) is 22.4. The van der Waals surface area contributed by atoms with Crippen LogP contribution in [0, 0.1) is 13.8 Å². The van der Waals surface area contributed by atoms with Crippen LogP contribution in [0.25, 0.3) is 10.1 Å². The van der Waals surface area contributed by atoms with E-state index < -0.39 is 0 Å². The van der Waals surface area contributed by atoms with Gasteiger partial charge in [-0.05, 0) is 157 Å². The number of thiophene rings is 1. The Hall–Kier alpha value is -4.28. The molecule has 298 valence electrons. The van der Waals surface area contributed by atoms with Gasteiger partial charge in [0.2, 0.25) is 0 Å². The number of nitrogens with zero attached hydrogens (tertiary/aromatic N) is 2. The number of hydrogen-bond donors (Lipinski definition) is 0. The van der Waals surface area contributed by atoms with Gasteiger partial charge in [-0.2, -0.15) is 0 Å². The van der Waals surface area contributed by atoms with Crippen molar-refractivity contribution in [3.8, 4) is 0 Å². The highest BCUT2D eigenvalue weighted by Gasteiger charge is 2.48. The average molecular weight is 783 g/mol. The van der Waals surface area contributed by atoms with E-state index in [1.807, 2.05) is 11.3 Å². The molecule has 0 spiro atoms. The summed E-state index contributed by atoms with van der Waals surface area (Å²) in [4.78, 5) is 5.29. The zero-order chi connectivity index (χ0) is 41.6. The SMILES string of the molecule is Cc1cc2c3c(c1)N(c1ccc(C(C)(C)C)cc1C)c1sc4ccc(C(C)(C)C)cc4c1B3c1cc3c(cc1N2c1ccc(C(C)(C)C)cc1)C(C)(C)CCC3(C)C. The molecule has 4 heteroatoms. The maximum Gasteiger partial charge on any atom is 0.254 e. The summed E-state index contributed by atoms with van der Waals surface area (Å²) in [7, 11) is 0. The van der Waals surface area contributed by atoms with E-state index in [0.717, 1.165) is 0 Å². The van der Waals surface area contributed by atoms with Crippen molar-refractivity contribution in [1.29, 1.82) is 0 Å². The second kappa shape index (κ2) is 12.6. The predicted octanol–water partition coefficient (Wildman–Crippen LogP) is 13.8. The summed E-state index contributed by atoms with van der Waals surface area (Å²) in [5.41, 5.74) is 20.8. The molecule has 0 saturated heterocycles. The summed E-state index contributed by atoms with van der Waals surface area (Å²) >= 11 is 1.98. The maximum absolute atomic E-state index is 2.68. The standard InChI is InChI=1S/C54H63BN2S/c1-32-26-44-48-45(27-32)57(42-22-18-35(28-33(42)2)51(6,7)8)49-47(38-29-36(52(9,10)11)19-23-46(38)58-49)55(48)41-30-39-40(54(14,15)25-24-53(39,12)13)31-43(41)56(44)37-20-16-34(17-21-37)50(3,4)5/h16-23,26-31H,24-25H2,1-15H3. The van der Waals surface area contributed by atoms with E-state index in [-0.39, 0.29) is 33.8 Å². The molecule has 1 aromatic heterocycles. The second-order valence-corrected chi connectivity index (χ2v) is 23.4. The summed E-state index contributed by atoms with van der Waals surface area (Å²) in [6.07, 6.45) is 2.38. The monoisotopic (exact) mass is 782 g/mol. The molecule has 3 heterocycles. The van der Waals surface area contributed by atoms with Crippen LogP contribution < -0.4 is 26.2 Å². The first-order valence-corrected chi connectivity index (χ1v) is 22.5. The molecule has 0 atom stereocenters. The van der Waals surface area contributed by atoms with E-state index in [0.29, 0.717) is 0 Å². The molecule has 9 rings (SSSR count). The molecular weight excluding hydrogens is 719 g/mol. The van der Waals surface area contributed by atoms with Crippen LogP contribution in [-0.4, -0.2) is 6.71 Å². The lowest BCUT2D eigenvalue weighted by atomic mass is 9.33. The van der Waals surface area contributed by atoms with Crippen LogP contribution in [0.4, 0.5) is 33.4 Å². The van der Waals surface area contributed by atoms with Gasteiger partial charge in [-0.25, -0.2) is 0 Å². The van der Waals surface area contributed by atoms with Crippen molar-refractivity contribution in [2.75, 3.05) is 9.80 Å². The van der Waals surface area contributed by atoms with E-state index in [9.17, 15) is 0 Å². The average Bonchev–Trinajstić information content (AvgIpc) is 3.50. The third-order valence-corrected chi connectivity index (χ3v) is 15.1. The van der Waals surface area contributed by atoms with E-state index in [4.69, 9.17) is 0 Å². The smallest absolute Gasteiger partial charge is 0.254 e. The molecule has 1 aliphatic carbocycles. The fourth-order valence-corrected chi connectivity index (χ4v) is 11.4. The molecule has 0 radical (unpaired) electrons. The molecule has 2 nitrogen and oxygen atoms in total. The number of hydrogen-bond acceptors (Lipinski definition) is 3. The van der Waals surface area contributed by atoms with Gasteiger partial charge < -0.3 is 9.80 Å². The normalized spacial score (nSPS) is 16.9. The van der Waals surface area contributed by atoms with Crippen LogP contribution in [0.3, 0.4) is 0 Å². The molecule has 58 heavy (non-hydrogen) atoms. The van der Waals surface area contributed by atoms with Crippen LogP contribution in [0.5, 0.6) is 0 Å². The van der Waals surface area contributed by atoms with Gasteiger partial charge in [-0.3, -0.25) is 0 Å². The molecule has 2 aliphatic heterocycles. The van der Waals surface area contributed by atoms with Gasteiger partial charge >= 0.3 is 0 Å². The fraction of sp³-hybridized carbons (Fsp3) is 0.407. The molecule has 0 saturated carbocycles. The van der Waals surface area contributed by atoms with Gasteiger partial charge in [-0.1, -0.05) is 132 Å². The summed E-state index contributed by atoms with van der Waals surface area (Å²) in [5, 5.41) is 2.75. The van der Waals surface area contributed by atoms with Crippen LogP contribution >= 0.6 is 11.3 Å². The quantitative estimate of drug-likeness (QED) is 0.161. The molecule has 0 unspecified atom stereocenters. The Labute approximate surface area is 353 Å². The van der Waals surface area contributed by atoms with Crippen molar-refractivity contribution in [3.63, 3.8) is 0 Å². The van der Waals surface area contributed by atoms with Gasteiger partial charge in [0.05, 0.1) is 5.00 Å².